The predicted octanol–water partition coefficient (Wildman–Crippen LogP) is 1.08. The highest BCUT2D eigenvalue weighted by Crippen LogP contribution is 2.52. The van der Waals surface area contributed by atoms with Gasteiger partial charge in [-0.1, -0.05) is 0 Å². The van der Waals surface area contributed by atoms with Gasteiger partial charge in [0.05, 0.1) is 19.6 Å². The Balaban J connectivity index is 2.69. The quantitative estimate of drug-likeness (QED) is 0.713. The summed E-state index contributed by atoms with van der Waals surface area (Å²) in [6.07, 6.45) is 2.29. The second kappa shape index (κ2) is 4.10. The summed E-state index contributed by atoms with van der Waals surface area (Å²) < 4.78 is 9.95. The molecule has 1 saturated carbocycles. The van der Waals surface area contributed by atoms with Crippen LogP contribution in [0.15, 0.2) is 0 Å². The third-order valence-corrected chi connectivity index (χ3v) is 3.65. The van der Waals surface area contributed by atoms with Crippen molar-refractivity contribution in [3.05, 3.63) is 0 Å². The Hall–Kier alpha value is -0.610. The minimum absolute atomic E-state index is 0.166. The molecule has 0 saturated heterocycles. The van der Waals surface area contributed by atoms with Crippen molar-refractivity contribution in [2.75, 3.05) is 14.2 Å². The zero-order valence-electron chi connectivity index (χ0n) is 10.0. The number of esters is 1. The monoisotopic (exact) mass is 215 g/mol. The molecule has 0 amide bonds. The van der Waals surface area contributed by atoms with E-state index in [4.69, 9.17) is 15.2 Å². The van der Waals surface area contributed by atoms with Crippen molar-refractivity contribution in [2.45, 2.75) is 44.8 Å². The number of carbonyl (C=O) groups is 1. The van der Waals surface area contributed by atoms with Gasteiger partial charge in [-0.3, -0.25) is 4.79 Å². The van der Waals surface area contributed by atoms with Crippen LogP contribution in [0.5, 0.6) is 0 Å². The highest BCUT2D eigenvalue weighted by molar-refractivity contribution is 5.70. The normalized spacial score (nSPS) is 30.9. The molecular formula is C11H21NO3. The number of carbonyl (C=O) groups excluding carboxylic acids is 1. The van der Waals surface area contributed by atoms with Gasteiger partial charge in [-0.25, -0.2) is 0 Å². The summed E-state index contributed by atoms with van der Waals surface area (Å²) in [6, 6.07) is 0. The van der Waals surface area contributed by atoms with Gasteiger partial charge < -0.3 is 15.2 Å². The lowest BCUT2D eigenvalue weighted by molar-refractivity contribution is -0.154. The van der Waals surface area contributed by atoms with Crippen LogP contribution in [-0.4, -0.2) is 31.8 Å². The molecule has 1 fully saturated rings. The zero-order valence-corrected chi connectivity index (χ0v) is 10.0. The summed E-state index contributed by atoms with van der Waals surface area (Å²) in [5.41, 5.74) is 5.59. The lowest BCUT2D eigenvalue weighted by Crippen LogP contribution is -2.60. The Morgan fingerprint density at radius 1 is 1.47 bits per heavy atom. The molecule has 0 aromatic rings. The van der Waals surface area contributed by atoms with Gasteiger partial charge >= 0.3 is 5.97 Å². The molecule has 0 spiro atoms. The first kappa shape index (κ1) is 12.5. The van der Waals surface area contributed by atoms with Gasteiger partial charge in [-0.15, -0.1) is 0 Å². The first-order chi connectivity index (χ1) is 6.84. The maximum Gasteiger partial charge on any atom is 0.306 e. The zero-order chi connectivity index (χ0) is 11.7. The third kappa shape index (κ3) is 2.32. The Morgan fingerprint density at radius 3 is 2.33 bits per heavy atom. The number of ether oxygens (including phenoxy) is 2. The van der Waals surface area contributed by atoms with Crippen LogP contribution in [0.3, 0.4) is 0 Å². The minimum Gasteiger partial charge on any atom is -0.469 e. The molecule has 4 heteroatoms. The summed E-state index contributed by atoms with van der Waals surface area (Å²) in [4.78, 5) is 11.3. The molecule has 2 N–H and O–H groups in total. The SMILES string of the molecule is COC(=O)CC1(C(C)(C)N)CC(OC)C1. The average molecular weight is 215 g/mol. The van der Waals surface area contributed by atoms with E-state index in [2.05, 4.69) is 0 Å². The summed E-state index contributed by atoms with van der Waals surface area (Å²) >= 11 is 0. The molecule has 1 aliphatic rings. The Morgan fingerprint density at radius 2 is 2.00 bits per heavy atom. The number of nitrogens with two attached hydrogens (primary N) is 1. The molecule has 0 aromatic heterocycles. The van der Waals surface area contributed by atoms with Gasteiger partial charge in [-0.05, 0) is 26.7 Å². The van der Waals surface area contributed by atoms with Crippen LogP contribution in [0.25, 0.3) is 0 Å². The van der Waals surface area contributed by atoms with Gasteiger partial charge in [0.2, 0.25) is 0 Å². The van der Waals surface area contributed by atoms with Gasteiger partial charge in [0.1, 0.15) is 0 Å². The standard InChI is InChI=1S/C11H21NO3/c1-10(2,12)11(7-9(13)15-4)5-8(6-11)14-3/h8H,5-7,12H2,1-4H3. The number of hydrogen-bond acceptors (Lipinski definition) is 4. The Bertz CT molecular complexity index is 239. The van der Waals surface area contributed by atoms with Crippen LogP contribution in [0.4, 0.5) is 0 Å². The number of hydrogen-bond donors (Lipinski definition) is 1. The Labute approximate surface area is 91.1 Å². The molecular weight excluding hydrogens is 194 g/mol. The molecule has 0 heterocycles. The van der Waals surface area contributed by atoms with Crippen LogP contribution < -0.4 is 5.73 Å². The lowest BCUT2D eigenvalue weighted by Gasteiger charge is -2.54. The molecule has 0 unspecified atom stereocenters. The second-order valence-electron chi connectivity index (χ2n) is 5.02. The fraction of sp³-hybridized carbons (Fsp3) is 0.909. The second-order valence-corrected chi connectivity index (χ2v) is 5.02. The van der Waals surface area contributed by atoms with Gasteiger partial charge in [0, 0.05) is 18.1 Å². The molecule has 0 bridgehead atoms. The number of methoxy groups -OCH3 is 2. The summed E-state index contributed by atoms with van der Waals surface area (Å²) in [6.45, 7) is 3.92. The van der Waals surface area contributed by atoms with Crippen molar-refractivity contribution in [1.82, 2.24) is 0 Å². The van der Waals surface area contributed by atoms with Crippen LogP contribution >= 0.6 is 0 Å². The van der Waals surface area contributed by atoms with Crippen LogP contribution in [0, 0.1) is 5.41 Å². The molecule has 1 aliphatic carbocycles. The first-order valence-corrected chi connectivity index (χ1v) is 5.23. The van der Waals surface area contributed by atoms with E-state index in [1.54, 1.807) is 7.11 Å². The van der Waals surface area contributed by atoms with Crippen molar-refractivity contribution in [3.63, 3.8) is 0 Å². The minimum atomic E-state index is -0.379. The molecule has 15 heavy (non-hydrogen) atoms. The van der Waals surface area contributed by atoms with Gasteiger partial charge in [0.15, 0.2) is 0 Å². The van der Waals surface area contributed by atoms with Crippen LogP contribution in [0.2, 0.25) is 0 Å². The summed E-state index contributed by atoms with van der Waals surface area (Å²) in [5, 5.41) is 0. The van der Waals surface area contributed by atoms with E-state index < -0.39 is 0 Å². The molecule has 0 radical (unpaired) electrons. The maximum absolute atomic E-state index is 11.3. The summed E-state index contributed by atoms with van der Waals surface area (Å²) in [5.74, 6) is -0.192. The smallest absolute Gasteiger partial charge is 0.306 e. The molecule has 0 aliphatic heterocycles. The van der Waals surface area contributed by atoms with E-state index in [-0.39, 0.29) is 23.0 Å². The predicted molar refractivity (Wildman–Crippen MR) is 57.4 cm³/mol. The van der Waals surface area contributed by atoms with Gasteiger partial charge in [0.25, 0.3) is 0 Å². The largest absolute Gasteiger partial charge is 0.469 e. The van der Waals surface area contributed by atoms with E-state index in [9.17, 15) is 4.79 Å². The fourth-order valence-electron chi connectivity index (χ4n) is 2.23. The molecule has 0 atom stereocenters. The first-order valence-electron chi connectivity index (χ1n) is 5.23. The van der Waals surface area contributed by atoms with Crippen molar-refractivity contribution in [1.29, 1.82) is 0 Å². The van der Waals surface area contributed by atoms with E-state index in [1.165, 1.54) is 7.11 Å². The summed E-state index contributed by atoms with van der Waals surface area (Å²) in [7, 11) is 3.10. The molecule has 0 aromatic carbocycles. The number of rotatable bonds is 4. The fourth-order valence-corrected chi connectivity index (χ4v) is 2.23. The van der Waals surface area contributed by atoms with Crippen LogP contribution in [-0.2, 0) is 14.3 Å². The van der Waals surface area contributed by atoms with Gasteiger partial charge in [-0.2, -0.15) is 0 Å². The van der Waals surface area contributed by atoms with E-state index in [0.717, 1.165) is 12.8 Å². The van der Waals surface area contributed by atoms with Crippen molar-refractivity contribution in [3.8, 4) is 0 Å². The van der Waals surface area contributed by atoms with E-state index in [1.807, 2.05) is 13.8 Å². The third-order valence-electron chi connectivity index (χ3n) is 3.65. The topological polar surface area (TPSA) is 61.5 Å². The highest BCUT2D eigenvalue weighted by Gasteiger charge is 2.53. The maximum atomic E-state index is 11.3. The molecule has 4 nitrogen and oxygen atoms in total. The van der Waals surface area contributed by atoms with Crippen LogP contribution in [0.1, 0.15) is 33.1 Å². The highest BCUT2D eigenvalue weighted by atomic mass is 16.5. The molecule has 88 valence electrons. The lowest BCUT2D eigenvalue weighted by atomic mass is 9.55. The van der Waals surface area contributed by atoms with E-state index >= 15 is 0 Å². The molecule has 1 rings (SSSR count). The van der Waals surface area contributed by atoms with E-state index in [0.29, 0.717) is 6.42 Å². The van der Waals surface area contributed by atoms with Crippen molar-refractivity contribution in [2.24, 2.45) is 11.1 Å². The van der Waals surface area contributed by atoms with Crippen molar-refractivity contribution < 1.29 is 14.3 Å². The van der Waals surface area contributed by atoms with Crippen molar-refractivity contribution >= 4 is 5.97 Å². The Kier molecular flexibility index (Phi) is 3.41. The average Bonchev–Trinajstić information content (AvgIpc) is 2.07.